The number of hydrogen-bond donors (Lipinski definition) is 0. The molecule has 0 bridgehead atoms. The number of para-hydroxylation sites is 4. The SMILES string of the molecule is O=P1(c2ccccc2)c2ccccc2-c2c1ccc1c3ccccc3n(-c3ccc(-c4ccc(N(c5ccccc5)c5ccc6c7ccccc7n(-c7ccccc7)c6c5)cc4)cc3)c21. The fourth-order valence-electron chi connectivity index (χ4n) is 10.4. The quantitative estimate of drug-likeness (QED) is 0.150. The van der Waals surface area contributed by atoms with E-state index in [2.05, 4.69) is 220 Å². The predicted octanol–water partition coefficient (Wildman–Crippen LogP) is 14.6. The van der Waals surface area contributed by atoms with Gasteiger partial charge in [0.1, 0.15) is 0 Å². The third-order valence-corrected chi connectivity index (χ3v) is 16.5. The summed E-state index contributed by atoms with van der Waals surface area (Å²) < 4.78 is 20.3. The molecule has 306 valence electrons. The van der Waals surface area contributed by atoms with E-state index in [0.717, 1.165) is 88.5 Å². The maximum atomic E-state index is 15.5. The van der Waals surface area contributed by atoms with Crippen molar-refractivity contribution in [1.29, 1.82) is 0 Å². The number of fused-ring (bicyclic) bond motifs is 10. The van der Waals surface area contributed by atoms with Crippen molar-refractivity contribution in [3.63, 3.8) is 0 Å². The molecule has 10 aromatic carbocycles. The smallest absolute Gasteiger partial charge is 0.172 e. The average Bonchev–Trinajstić information content (AvgIpc) is 3.99. The number of anilines is 3. The second-order valence-corrected chi connectivity index (χ2v) is 19.5. The Labute approximate surface area is 376 Å². The van der Waals surface area contributed by atoms with E-state index in [1.54, 1.807) is 0 Å². The van der Waals surface area contributed by atoms with Gasteiger partial charge in [0, 0.05) is 71.5 Å². The molecule has 5 heteroatoms. The van der Waals surface area contributed by atoms with E-state index in [1.165, 1.54) is 21.7 Å². The average molecular weight is 850 g/mol. The number of nitrogens with zero attached hydrogens (tertiary/aromatic N) is 3. The molecule has 0 saturated carbocycles. The van der Waals surface area contributed by atoms with Gasteiger partial charge in [0.25, 0.3) is 0 Å². The highest BCUT2D eigenvalue weighted by Crippen LogP contribution is 2.55. The minimum atomic E-state index is -3.11. The Bertz CT molecular complexity index is 3840. The van der Waals surface area contributed by atoms with Gasteiger partial charge in [0.2, 0.25) is 0 Å². The fraction of sp³-hybridized carbons (Fsp3) is 0. The van der Waals surface area contributed by atoms with Crippen molar-refractivity contribution in [2.45, 2.75) is 0 Å². The van der Waals surface area contributed by atoms with Crippen LogP contribution in [0.4, 0.5) is 17.1 Å². The normalized spacial score (nSPS) is 14.3. The maximum Gasteiger partial charge on any atom is 0.172 e. The molecule has 0 N–H and O–H groups in total. The van der Waals surface area contributed by atoms with Gasteiger partial charge in [-0.05, 0) is 95.6 Å². The van der Waals surface area contributed by atoms with E-state index >= 15 is 4.57 Å². The van der Waals surface area contributed by atoms with Gasteiger partial charge in [-0.1, -0.05) is 164 Å². The topological polar surface area (TPSA) is 30.2 Å². The Morgan fingerprint density at radius 3 is 1.58 bits per heavy atom. The molecule has 0 saturated heterocycles. The van der Waals surface area contributed by atoms with Crippen LogP contribution in [0.3, 0.4) is 0 Å². The molecule has 1 atom stereocenters. The number of aromatic nitrogens is 2. The third kappa shape index (κ3) is 5.68. The van der Waals surface area contributed by atoms with Gasteiger partial charge in [0.15, 0.2) is 7.14 Å². The van der Waals surface area contributed by atoms with Gasteiger partial charge in [-0.2, -0.15) is 0 Å². The first-order valence-corrected chi connectivity index (χ1v) is 23.8. The highest BCUT2D eigenvalue weighted by Gasteiger charge is 2.41. The number of rotatable bonds is 7. The standard InChI is InChI=1S/C60H40N3OP/c64-65(48-20-8-3-9-21-48)57-27-15-12-24-53(57)59-58(65)39-38-52-50-23-11-14-26-55(50)63(60(52)59)46-34-30-42(31-35-46)41-28-32-45(33-29-41)61(43-16-4-1-5-17-43)47-36-37-51-49-22-10-13-25-54(49)62(56(51)40-47)44-18-6-2-7-19-44/h1-40H. The zero-order valence-electron chi connectivity index (χ0n) is 35.3. The van der Waals surface area contributed by atoms with Crippen LogP contribution in [0.5, 0.6) is 0 Å². The molecule has 3 heterocycles. The van der Waals surface area contributed by atoms with Crippen molar-refractivity contribution in [1.82, 2.24) is 9.13 Å². The van der Waals surface area contributed by atoms with Gasteiger partial charge >= 0.3 is 0 Å². The van der Waals surface area contributed by atoms with Crippen LogP contribution < -0.4 is 20.8 Å². The summed E-state index contributed by atoms with van der Waals surface area (Å²) in [6.07, 6.45) is 0. The summed E-state index contributed by atoms with van der Waals surface area (Å²) in [6, 6.07) is 85.8. The van der Waals surface area contributed by atoms with Gasteiger partial charge in [-0.3, -0.25) is 0 Å². The summed E-state index contributed by atoms with van der Waals surface area (Å²) in [6.45, 7) is 0. The van der Waals surface area contributed by atoms with E-state index < -0.39 is 7.14 Å². The van der Waals surface area contributed by atoms with E-state index in [9.17, 15) is 0 Å². The largest absolute Gasteiger partial charge is 0.310 e. The van der Waals surface area contributed by atoms with Crippen LogP contribution in [0.2, 0.25) is 0 Å². The molecule has 0 amide bonds. The van der Waals surface area contributed by atoms with Crippen LogP contribution in [0.25, 0.3) is 77.2 Å². The molecule has 0 radical (unpaired) electrons. The fourth-order valence-corrected chi connectivity index (χ4v) is 13.5. The van der Waals surface area contributed by atoms with Crippen molar-refractivity contribution in [2.24, 2.45) is 0 Å². The van der Waals surface area contributed by atoms with Gasteiger partial charge in [-0.25, -0.2) is 0 Å². The minimum Gasteiger partial charge on any atom is -0.310 e. The first-order valence-electron chi connectivity index (χ1n) is 22.1. The van der Waals surface area contributed by atoms with Crippen molar-refractivity contribution < 1.29 is 4.57 Å². The highest BCUT2D eigenvalue weighted by atomic mass is 31.2. The first kappa shape index (κ1) is 37.4. The lowest BCUT2D eigenvalue weighted by Crippen LogP contribution is -2.20. The molecule has 1 unspecified atom stereocenters. The summed E-state index contributed by atoms with van der Waals surface area (Å²) in [7, 11) is -3.11. The molecule has 4 nitrogen and oxygen atoms in total. The second kappa shape index (κ2) is 14.7. The summed E-state index contributed by atoms with van der Waals surface area (Å²) in [5, 5.41) is 7.46. The maximum absolute atomic E-state index is 15.5. The molecule has 65 heavy (non-hydrogen) atoms. The minimum absolute atomic E-state index is 0.864. The number of benzene rings is 10. The molecule has 1 aliphatic heterocycles. The molecular weight excluding hydrogens is 810 g/mol. The Hall–Kier alpha value is -8.17. The van der Waals surface area contributed by atoms with Crippen molar-refractivity contribution in [2.75, 3.05) is 4.90 Å². The molecule has 2 aromatic heterocycles. The monoisotopic (exact) mass is 849 g/mol. The summed E-state index contributed by atoms with van der Waals surface area (Å²) in [5.74, 6) is 0. The summed E-state index contributed by atoms with van der Waals surface area (Å²) in [5.41, 5.74) is 14.4. The summed E-state index contributed by atoms with van der Waals surface area (Å²) in [4.78, 5) is 2.34. The van der Waals surface area contributed by atoms with Crippen LogP contribution in [-0.2, 0) is 4.57 Å². The van der Waals surface area contributed by atoms with Crippen LogP contribution in [0, 0.1) is 0 Å². The zero-order valence-corrected chi connectivity index (χ0v) is 36.2. The van der Waals surface area contributed by atoms with Crippen LogP contribution in [0.1, 0.15) is 0 Å². The van der Waals surface area contributed by atoms with Crippen molar-refractivity contribution in [3.05, 3.63) is 243 Å². The lowest BCUT2D eigenvalue weighted by atomic mass is 10.0. The van der Waals surface area contributed by atoms with E-state index in [0.29, 0.717) is 0 Å². The van der Waals surface area contributed by atoms with Crippen LogP contribution in [0.15, 0.2) is 243 Å². The van der Waals surface area contributed by atoms with E-state index in [4.69, 9.17) is 0 Å². The Morgan fingerprint density at radius 2 is 0.862 bits per heavy atom. The molecule has 12 aromatic rings. The van der Waals surface area contributed by atoms with Gasteiger partial charge in [0.05, 0.1) is 22.1 Å². The van der Waals surface area contributed by atoms with Crippen molar-refractivity contribution >= 4 is 83.7 Å². The molecule has 0 spiro atoms. The molecular formula is C60H40N3OP. The van der Waals surface area contributed by atoms with Gasteiger partial charge < -0.3 is 18.6 Å². The van der Waals surface area contributed by atoms with Crippen LogP contribution in [-0.4, -0.2) is 9.13 Å². The lowest BCUT2D eigenvalue weighted by molar-refractivity contribution is 0.593. The molecule has 0 fully saturated rings. The third-order valence-electron chi connectivity index (χ3n) is 13.3. The Balaban J connectivity index is 0.909. The van der Waals surface area contributed by atoms with E-state index in [1.807, 2.05) is 36.4 Å². The second-order valence-electron chi connectivity index (χ2n) is 16.8. The first-order chi connectivity index (χ1) is 32.1. The zero-order chi connectivity index (χ0) is 43.1. The summed E-state index contributed by atoms with van der Waals surface area (Å²) >= 11 is 0. The highest BCUT2D eigenvalue weighted by molar-refractivity contribution is 7.86. The Morgan fingerprint density at radius 1 is 0.354 bits per heavy atom. The number of hydrogen-bond acceptors (Lipinski definition) is 2. The van der Waals surface area contributed by atoms with Gasteiger partial charge in [-0.15, -0.1) is 0 Å². The lowest BCUT2D eigenvalue weighted by Gasteiger charge is -2.26. The molecule has 13 rings (SSSR count). The van der Waals surface area contributed by atoms with Crippen molar-refractivity contribution in [3.8, 4) is 33.6 Å². The predicted molar refractivity (Wildman–Crippen MR) is 274 cm³/mol. The molecule has 1 aliphatic rings. The van der Waals surface area contributed by atoms with Crippen LogP contribution >= 0.6 is 7.14 Å². The van der Waals surface area contributed by atoms with E-state index in [-0.39, 0.29) is 0 Å². The Kier molecular flexibility index (Phi) is 8.46. The molecule has 0 aliphatic carbocycles.